The van der Waals surface area contributed by atoms with Crippen LogP contribution in [0.15, 0.2) is 4.99 Å². The second-order valence-electron chi connectivity index (χ2n) is 3.50. The molecule has 0 bridgehead atoms. The van der Waals surface area contributed by atoms with E-state index in [1.165, 1.54) is 0 Å². The normalized spacial score (nSPS) is 30.0. The first-order valence-electron chi connectivity index (χ1n) is 4.63. The van der Waals surface area contributed by atoms with Gasteiger partial charge in [-0.2, -0.15) is 0 Å². The maximum Gasteiger partial charge on any atom is 0.157 e. The molecule has 0 saturated heterocycles. The van der Waals surface area contributed by atoms with E-state index in [0.717, 1.165) is 11.8 Å². The van der Waals surface area contributed by atoms with Gasteiger partial charge in [-0.15, -0.1) is 0 Å². The van der Waals surface area contributed by atoms with Crippen LogP contribution >= 0.6 is 11.8 Å². The number of amidine groups is 1. The summed E-state index contributed by atoms with van der Waals surface area (Å²) in [5, 5.41) is 4.98. The number of nitrogens with zero attached hydrogens (tertiary/aromatic N) is 1. The monoisotopic (exact) mass is 202 g/mol. The van der Waals surface area contributed by atoms with E-state index in [9.17, 15) is 0 Å². The number of nitrogens with one attached hydrogen (secondary N) is 1. The molecule has 0 saturated carbocycles. The topological polar surface area (TPSA) is 33.6 Å². The van der Waals surface area contributed by atoms with Crippen LogP contribution in [0, 0.1) is 0 Å². The summed E-state index contributed by atoms with van der Waals surface area (Å²) < 4.78 is 5.04. The van der Waals surface area contributed by atoms with Gasteiger partial charge < -0.3 is 10.1 Å². The molecular weight excluding hydrogens is 184 g/mol. The SMILES string of the molecule is COCC(C)NC1=NC(C)C(C)S1. The van der Waals surface area contributed by atoms with Crippen LogP contribution in [0.25, 0.3) is 0 Å². The second-order valence-corrected chi connectivity index (χ2v) is 4.86. The first-order chi connectivity index (χ1) is 6.13. The summed E-state index contributed by atoms with van der Waals surface area (Å²) in [4.78, 5) is 4.50. The Hall–Kier alpha value is -0.220. The number of thioether (sulfide) groups is 1. The van der Waals surface area contributed by atoms with Gasteiger partial charge >= 0.3 is 0 Å². The summed E-state index contributed by atoms with van der Waals surface area (Å²) in [6, 6.07) is 0.774. The summed E-state index contributed by atoms with van der Waals surface area (Å²) >= 11 is 1.81. The Kier molecular flexibility index (Phi) is 4.06. The van der Waals surface area contributed by atoms with Crippen LogP contribution in [0.2, 0.25) is 0 Å². The van der Waals surface area contributed by atoms with Crippen molar-refractivity contribution in [2.75, 3.05) is 13.7 Å². The van der Waals surface area contributed by atoms with Gasteiger partial charge in [-0.25, -0.2) is 0 Å². The predicted molar refractivity (Wildman–Crippen MR) is 58.4 cm³/mol. The molecule has 0 fully saturated rings. The molecule has 3 atom stereocenters. The Morgan fingerprint density at radius 2 is 2.31 bits per heavy atom. The van der Waals surface area contributed by atoms with E-state index in [1.54, 1.807) is 7.11 Å². The smallest absolute Gasteiger partial charge is 0.157 e. The Balaban J connectivity index is 2.34. The average molecular weight is 202 g/mol. The molecule has 1 aliphatic heterocycles. The lowest BCUT2D eigenvalue weighted by Gasteiger charge is -2.13. The van der Waals surface area contributed by atoms with E-state index in [1.807, 2.05) is 11.8 Å². The maximum atomic E-state index is 5.04. The number of methoxy groups -OCH3 is 1. The summed E-state index contributed by atoms with van der Waals surface area (Å²) in [5.74, 6) is 0. The van der Waals surface area contributed by atoms with Gasteiger partial charge in [0.25, 0.3) is 0 Å². The molecule has 1 aliphatic rings. The van der Waals surface area contributed by atoms with Gasteiger partial charge in [0.05, 0.1) is 12.6 Å². The van der Waals surface area contributed by atoms with Crippen LogP contribution in [-0.2, 0) is 4.74 Å². The number of hydrogen-bond acceptors (Lipinski definition) is 4. The molecular formula is C9H18N2OS. The minimum Gasteiger partial charge on any atom is -0.383 e. The van der Waals surface area contributed by atoms with E-state index in [-0.39, 0.29) is 0 Å². The lowest BCUT2D eigenvalue weighted by molar-refractivity contribution is 0.179. The summed E-state index contributed by atoms with van der Waals surface area (Å²) in [7, 11) is 1.72. The van der Waals surface area contributed by atoms with E-state index in [2.05, 4.69) is 31.1 Å². The fourth-order valence-corrected chi connectivity index (χ4v) is 2.27. The standard InChI is InChI=1S/C9H18N2OS/c1-6(5-12-4)10-9-11-7(2)8(3)13-9/h6-8H,5H2,1-4H3,(H,10,11). The summed E-state index contributed by atoms with van der Waals surface area (Å²) in [5.41, 5.74) is 0. The van der Waals surface area contributed by atoms with Crippen LogP contribution in [0.5, 0.6) is 0 Å². The van der Waals surface area contributed by atoms with E-state index < -0.39 is 0 Å². The molecule has 0 radical (unpaired) electrons. The highest BCUT2D eigenvalue weighted by molar-refractivity contribution is 8.14. The first kappa shape index (κ1) is 10.9. The van der Waals surface area contributed by atoms with Crippen LogP contribution in [0.4, 0.5) is 0 Å². The highest BCUT2D eigenvalue weighted by Gasteiger charge is 2.23. The lowest BCUT2D eigenvalue weighted by atomic mass is 10.3. The van der Waals surface area contributed by atoms with Crippen molar-refractivity contribution in [3.63, 3.8) is 0 Å². The molecule has 1 heterocycles. The molecule has 0 spiro atoms. The molecule has 1 rings (SSSR count). The van der Waals surface area contributed by atoms with E-state index in [4.69, 9.17) is 4.74 Å². The first-order valence-corrected chi connectivity index (χ1v) is 5.51. The van der Waals surface area contributed by atoms with Crippen molar-refractivity contribution < 1.29 is 4.74 Å². The van der Waals surface area contributed by atoms with Crippen molar-refractivity contribution in [3.05, 3.63) is 0 Å². The van der Waals surface area contributed by atoms with Crippen molar-refractivity contribution in [2.24, 2.45) is 4.99 Å². The molecule has 0 aromatic rings. The highest BCUT2D eigenvalue weighted by Crippen LogP contribution is 2.24. The van der Waals surface area contributed by atoms with Gasteiger partial charge in [0.2, 0.25) is 0 Å². The van der Waals surface area contributed by atoms with Crippen LogP contribution in [0.3, 0.4) is 0 Å². The van der Waals surface area contributed by atoms with Crippen molar-refractivity contribution in [2.45, 2.75) is 38.1 Å². The largest absolute Gasteiger partial charge is 0.383 e. The average Bonchev–Trinajstić information content (AvgIpc) is 2.31. The van der Waals surface area contributed by atoms with E-state index in [0.29, 0.717) is 17.3 Å². The lowest BCUT2D eigenvalue weighted by Crippen LogP contribution is -2.33. The van der Waals surface area contributed by atoms with Gasteiger partial charge in [0, 0.05) is 18.4 Å². The quantitative estimate of drug-likeness (QED) is 0.753. The molecule has 0 aromatic carbocycles. The Morgan fingerprint density at radius 3 is 2.77 bits per heavy atom. The van der Waals surface area contributed by atoms with Crippen LogP contribution in [-0.4, -0.2) is 36.2 Å². The van der Waals surface area contributed by atoms with Crippen molar-refractivity contribution >= 4 is 16.9 Å². The molecule has 0 aliphatic carbocycles. The molecule has 0 amide bonds. The van der Waals surface area contributed by atoms with Gasteiger partial charge in [0.1, 0.15) is 0 Å². The van der Waals surface area contributed by atoms with E-state index >= 15 is 0 Å². The molecule has 4 heteroatoms. The third-order valence-corrected chi connectivity index (χ3v) is 3.30. The second kappa shape index (κ2) is 4.86. The summed E-state index contributed by atoms with van der Waals surface area (Å²) in [6.07, 6.45) is 0. The highest BCUT2D eigenvalue weighted by atomic mass is 32.2. The minimum absolute atomic E-state index is 0.341. The molecule has 0 aromatic heterocycles. The summed E-state index contributed by atoms with van der Waals surface area (Å²) in [6.45, 7) is 7.17. The predicted octanol–water partition coefficient (Wildman–Crippen LogP) is 1.49. The Morgan fingerprint density at radius 1 is 1.62 bits per heavy atom. The molecule has 3 unspecified atom stereocenters. The van der Waals surface area contributed by atoms with Crippen molar-refractivity contribution in [1.82, 2.24) is 5.32 Å². The number of rotatable bonds is 3. The van der Waals surface area contributed by atoms with Crippen molar-refractivity contribution in [3.8, 4) is 0 Å². The fraction of sp³-hybridized carbons (Fsp3) is 0.889. The van der Waals surface area contributed by atoms with Gasteiger partial charge in [0.15, 0.2) is 5.17 Å². The zero-order valence-corrected chi connectivity index (χ0v) is 9.52. The van der Waals surface area contributed by atoms with Crippen LogP contribution in [0.1, 0.15) is 20.8 Å². The molecule has 76 valence electrons. The maximum absolute atomic E-state index is 5.04. The Bertz CT molecular complexity index is 196. The number of aliphatic imine (C=N–C) groups is 1. The third-order valence-electron chi connectivity index (χ3n) is 2.08. The zero-order valence-electron chi connectivity index (χ0n) is 8.70. The minimum atomic E-state index is 0.341. The number of hydrogen-bond donors (Lipinski definition) is 1. The van der Waals surface area contributed by atoms with Crippen LogP contribution < -0.4 is 5.32 Å². The number of ether oxygens (including phenoxy) is 1. The Labute approximate surface area is 84.3 Å². The van der Waals surface area contributed by atoms with Gasteiger partial charge in [-0.05, 0) is 13.8 Å². The van der Waals surface area contributed by atoms with Gasteiger partial charge in [-0.1, -0.05) is 18.7 Å². The molecule has 1 N–H and O–H groups in total. The van der Waals surface area contributed by atoms with Gasteiger partial charge in [-0.3, -0.25) is 4.99 Å². The molecule has 13 heavy (non-hydrogen) atoms. The van der Waals surface area contributed by atoms with Crippen molar-refractivity contribution in [1.29, 1.82) is 0 Å². The fourth-order valence-electron chi connectivity index (χ4n) is 1.17. The third kappa shape index (κ3) is 3.19. The zero-order chi connectivity index (χ0) is 9.84. The molecule has 3 nitrogen and oxygen atoms in total.